The van der Waals surface area contributed by atoms with Gasteiger partial charge in [-0.3, -0.25) is 0 Å². The van der Waals surface area contributed by atoms with Gasteiger partial charge in [0.2, 0.25) is 0 Å². The first kappa shape index (κ1) is 16.2. The van der Waals surface area contributed by atoms with Gasteiger partial charge >= 0.3 is 0 Å². The molecule has 0 spiro atoms. The minimum absolute atomic E-state index is 0.539. The lowest BCUT2D eigenvalue weighted by atomic mass is 10.1. The lowest BCUT2D eigenvalue weighted by molar-refractivity contribution is 0.303. The molecule has 1 N–H and O–H groups in total. The Morgan fingerprint density at radius 2 is 1.79 bits per heavy atom. The maximum Gasteiger partial charge on any atom is 0.0230 e. The van der Waals surface area contributed by atoms with Crippen LogP contribution in [-0.2, 0) is 13.1 Å². The quantitative estimate of drug-likeness (QED) is 0.769. The average molecular weight is 262 g/mol. The van der Waals surface area contributed by atoms with Gasteiger partial charge in [-0.15, -0.1) is 0 Å². The maximum absolute atomic E-state index is 3.47. The van der Waals surface area contributed by atoms with E-state index in [4.69, 9.17) is 0 Å². The van der Waals surface area contributed by atoms with Gasteiger partial charge in [-0.2, -0.15) is 0 Å². The van der Waals surface area contributed by atoms with Crippen LogP contribution in [0.15, 0.2) is 24.3 Å². The fourth-order valence-electron chi connectivity index (χ4n) is 2.03. The van der Waals surface area contributed by atoms with Crippen molar-refractivity contribution in [1.29, 1.82) is 0 Å². The van der Waals surface area contributed by atoms with Crippen LogP contribution in [0.25, 0.3) is 0 Å². The van der Waals surface area contributed by atoms with Crippen molar-refractivity contribution < 1.29 is 0 Å². The Bertz CT molecular complexity index is 358. The van der Waals surface area contributed by atoms with Gasteiger partial charge < -0.3 is 10.2 Å². The molecule has 0 fully saturated rings. The lowest BCUT2D eigenvalue weighted by Crippen LogP contribution is -2.22. The third kappa shape index (κ3) is 7.34. The van der Waals surface area contributed by atoms with Gasteiger partial charge in [0.1, 0.15) is 0 Å². The molecule has 0 radical (unpaired) electrons. The van der Waals surface area contributed by atoms with Gasteiger partial charge in [0.15, 0.2) is 0 Å². The molecule has 0 heterocycles. The summed E-state index contributed by atoms with van der Waals surface area (Å²) >= 11 is 0. The van der Waals surface area contributed by atoms with Crippen LogP contribution in [0.4, 0.5) is 0 Å². The van der Waals surface area contributed by atoms with Crippen molar-refractivity contribution in [2.75, 3.05) is 13.6 Å². The van der Waals surface area contributed by atoms with E-state index in [1.165, 1.54) is 24.1 Å². The van der Waals surface area contributed by atoms with Gasteiger partial charge in [-0.05, 0) is 37.1 Å². The van der Waals surface area contributed by atoms with Gasteiger partial charge in [0, 0.05) is 19.1 Å². The zero-order valence-corrected chi connectivity index (χ0v) is 13.2. The minimum atomic E-state index is 0.539. The molecule has 0 aliphatic carbocycles. The molecule has 1 rings (SSSR count). The average Bonchev–Trinajstić information content (AvgIpc) is 2.34. The summed E-state index contributed by atoms with van der Waals surface area (Å²) in [7, 11) is 2.21. The Morgan fingerprint density at radius 1 is 1.11 bits per heavy atom. The van der Waals surface area contributed by atoms with E-state index in [0.29, 0.717) is 6.04 Å². The number of nitrogens with one attached hydrogen (secondary N) is 1. The molecule has 0 unspecified atom stereocenters. The third-order valence-electron chi connectivity index (χ3n) is 3.25. The Hall–Kier alpha value is -0.860. The standard InChI is InChI=1S/C17H30N2/c1-14(2)9-10-19(5)13-17-8-6-7-16(11-17)12-18-15(3)4/h6-8,11,14-15,18H,9-10,12-13H2,1-5H3. The van der Waals surface area contributed by atoms with Crippen LogP contribution in [0, 0.1) is 5.92 Å². The molecule has 19 heavy (non-hydrogen) atoms. The number of hydrogen-bond acceptors (Lipinski definition) is 2. The van der Waals surface area contributed by atoms with E-state index < -0.39 is 0 Å². The normalized spacial score (nSPS) is 11.8. The Kier molecular flexibility index (Phi) is 7.11. The Balaban J connectivity index is 2.47. The van der Waals surface area contributed by atoms with Gasteiger partial charge in [-0.1, -0.05) is 52.0 Å². The maximum atomic E-state index is 3.47. The van der Waals surface area contributed by atoms with E-state index in [-0.39, 0.29) is 0 Å². The topological polar surface area (TPSA) is 15.3 Å². The van der Waals surface area contributed by atoms with E-state index in [9.17, 15) is 0 Å². The summed E-state index contributed by atoms with van der Waals surface area (Å²) in [5, 5.41) is 3.47. The smallest absolute Gasteiger partial charge is 0.0230 e. The van der Waals surface area contributed by atoms with Crippen LogP contribution in [0.2, 0.25) is 0 Å². The highest BCUT2D eigenvalue weighted by atomic mass is 15.1. The summed E-state index contributed by atoms with van der Waals surface area (Å²) in [6.07, 6.45) is 1.27. The molecule has 0 aromatic heterocycles. The van der Waals surface area contributed by atoms with Gasteiger partial charge in [-0.25, -0.2) is 0 Å². The summed E-state index contributed by atoms with van der Waals surface area (Å²) < 4.78 is 0. The molecular formula is C17H30N2. The first-order valence-electron chi connectivity index (χ1n) is 7.47. The first-order valence-corrected chi connectivity index (χ1v) is 7.47. The first-order chi connectivity index (χ1) is 8.97. The molecule has 0 aliphatic heterocycles. The lowest BCUT2D eigenvalue weighted by Gasteiger charge is -2.18. The van der Waals surface area contributed by atoms with Crippen LogP contribution in [0.3, 0.4) is 0 Å². The minimum Gasteiger partial charge on any atom is -0.310 e. The van der Waals surface area contributed by atoms with E-state index in [1.807, 2.05) is 0 Å². The fourth-order valence-corrected chi connectivity index (χ4v) is 2.03. The molecule has 0 saturated carbocycles. The second kappa shape index (κ2) is 8.34. The fraction of sp³-hybridized carbons (Fsp3) is 0.647. The molecule has 108 valence electrons. The Morgan fingerprint density at radius 3 is 2.42 bits per heavy atom. The molecule has 0 amide bonds. The zero-order chi connectivity index (χ0) is 14.3. The van der Waals surface area contributed by atoms with Crippen LogP contribution in [0.1, 0.15) is 45.2 Å². The monoisotopic (exact) mass is 262 g/mol. The summed E-state index contributed by atoms with van der Waals surface area (Å²) in [6, 6.07) is 9.46. The van der Waals surface area contributed by atoms with E-state index in [2.05, 4.69) is 69.2 Å². The molecule has 1 aromatic carbocycles. The highest BCUT2D eigenvalue weighted by molar-refractivity contribution is 5.23. The number of benzene rings is 1. The van der Waals surface area contributed by atoms with Gasteiger partial charge in [0.25, 0.3) is 0 Å². The van der Waals surface area contributed by atoms with Crippen LogP contribution < -0.4 is 5.32 Å². The van der Waals surface area contributed by atoms with Crippen molar-refractivity contribution in [2.24, 2.45) is 5.92 Å². The molecule has 0 bridgehead atoms. The van der Waals surface area contributed by atoms with Crippen molar-refractivity contribution in [3.8, 4) is 0 Å². The van der Waals surface area contributed by atoms with E-state index in [1.54, 1.807) is 0 Å². The second-order valence-electron chi connectivity index (χ2n) is 6.28. The largest absolute Gasteiger partial charge is 0.310 e. The predicted molar refractivity (Wildman–Crippen MR) is 84.2 cm³/mol. The Labute approximate surface area is 119 Å². The van der Waals surface area contributed by atoms with Crippen molar-refractivity contribution in [3.63, 3.8) is 0 Å². The van der Waals surface area contributed by atoms with Crippen molar-refractivity contribution >= 4 is 0 Å². The SMILES string of the molecule is CC(C)CCN(C)Cc1cccc(CNC(C)C)c1. The molecule has 0 saturated heterocycles. The zero-order valence-electron chi connectivity index (χ0n) is 13.2. The summed E-state index contributed by atoms with van der Waals surface area (Å²) in [4.78, 5) is 2.41. The molecule has 2 nitrogen and oxygen atoms in total. The number of nitrogens with zero attached hydrogens (tertiary/aromatic N) is 1. The van der Waals surface area contributed by atoms with Gasteiger partial charge in [0.05, 0.1) is 0 Å². The van der Waals surface area contributed by atoms with E-state index in [0.717, 1.165) is 19.0 Å². The van der Waals surface area contributed by atoms with Crippen molar-refractivity contribution in [1.82, 2.24) is 10.2 Å². The molecule has 0 aliphatic rings. The van der Waals surface area contributed by atoms with Crippen LogP contribution in [0.5, 0.6) is 0 Å². The number of rotatable bonds is 8. The van der Waals surface area contributed by atoms with Crippen molar-refractivity contribution in [3.05, 3.63) is 35.4 Å². The van der Waals surface area contributed by atoms with Crippen LogP contribution >= 0.6 is 0 Å². The third-order valence-corrected chi connectivity index (χ3v) is 3.25. The van der Waals surface area contributed by atoms with E-state index >= 15 is 0 Å². The second-order valence-corrected chi connectivity index (χ2v) is 6.28. The summed E-state index contributed by atoms with van der Waals surface area (Å²) in [5.41, 5.74) is 2.79. The van der Waals surface area contributed by atoms with Crippen molar-refractivity contribution in [2.45, 2.75) is 53.2 Å². The molecule has 2 heteroatoms. The highest BCUT2D eigenvalue weighted by Crippen LogP contribution is 2.09. The molecular weight excluding hydrogens is 232 g/mol. The highest BCUT2D eigenvalue weighted by Gasteiger charge is 2.03. The molecule has 0 atom stereocenters. The predicted octanol–water partition coefficient (Wildman–Crippen LogP) is 3.66. The van der Waals surface area contributed by atoms with Crippen LogP contribution in [-0.4, -0.2) is 24.5 Å². The summed E-state index contributed by atoms with van der Waals surface area (Å²) in [5.74, 6) is 0.782. The molecule has 1 aromatic rings. The number of hydrogen-bond donors (Lipinski definition) is 1. The summed E-state index contributed by atoms with van der Waals surface area (Å²) in [6.45, 7) is 12.1.